The van der Waals surface area contributed by atoms with Gasteiger partial charge in [0, 0.05) is 5.56 Å². The third-order valence-corrected chi connectivity index (χ3v) is 3.01. The molecule has 96 valence electrons. The summed E-state index contributed by atoms with van der Waals surface area (Å²) in [7, 11) is 0. The van der Waals surface area contributed by atoms with Gasteiger partial charge in [0.25, 0.3) is 0 Å². The van der Waals surface area contributed by atoms with Gasteiger partial charge >= 0.3 is 0 Å². The normalized spacial score (nSPS) is 10.2. The van der Waals surface area contributed by atoms with Gasteiger partial charge < -0.3 is 5.11 Å². The molecule has 0 heterocycles. The van der Waals surface area contributed by atoms with E-state index in [1.165, 1.54) is 12.1 Å². The van der Waals surface area contributed by atoms with Crippen LogP contribution in [-0.2, 0) is 0 Å². The van der Waals surface area contributed by atoms with Gasteiger partial charge in [-0.15, -0.1) is 0 Å². The minimum Gasteiger partial charge on any atom is -0.506 e. The molecule has 0 fully saturated rings. The first-order chi connectivity index (χ1) is 9.09. The van der Waals surface area contributed by atoms with Crippen molar-refractivity contribution < 1.29 is 14.7 Å². The molecule has 0 unspecified atom stereocenters. The average Bonchev–Trinajstić information content (AvgIpc) is 2.42. The standard InChI is InChI=1S/C15H11ClO3/c16-12-8-4-7-11(15(12)19)14(18)9-13(17)10-5-2-1-3-6-10/h1-8,19H,9H2. The molecule has 19 heavy (non-hydrogen) atoms. The molecule has 0 bridgehead atoms. The summed E-state index contributed by atoms with van der Waals surface area (Å²) in [4.78, 5) is 23.9. The van der Waals surface area contributed by atoms with Crippen molar-refractivity contribution in [3.05, 3.63) is 64.7 Å². The van der Waals surface area contributed by atoms with Gasteiger partial charge in [0.15, 0.2) is 11.6 Å². The Morgan fingerprint density at radius 3 is 2.32 bits per heavy atom. The molecule has 0 saturated heterocycles. The van der Waals surface area contributed by atoms with Gasteiger partial charge in [0.05, 0.1) is 17.0 Å². The summed E-state index contributed by atoms with van der Waals surface area (Å²) in [6, 6.07) is 13.0. The van der Waals surface area contributed by atoms with Crippen molar-refractivity contribution in [2.75, 3.05) is 0 Å². The average molecular weight is 275 g/mol. The van der Waals surface area contributed by atoms with Gasteiger partial charge in [-0.3, -0.25) is 9.59 Å². The molecule has 0 atom stereocenters. The Morgan fingerprint density at radius 1 is 0.947 bits per heavy atom. The van der Waals surface area contributed by atoms with E-state index in [0.717, 1.165) is 0 Å². The number of benzene rings is 2. The summed E-state index contributed by atoms with van der Waals surface area (Å²) in [5, 5.41) is 9.78. The van der Waals surface area contributed by atoms with E-state index in [4.69, 9.17) is 11.6 Å². The van der Waals surface area contributed by atoms with Crippen LogP contribution >= 0.6 is 11.6 Å². The number of rotatable bonds is 4. The largest absolute Gasteiger partial charge is 0.506 e. The van der Waals surface area contributed by atoms with Crippen molar-refractivity contribution in [3.8, 4) is 5.75 Å². The van der Waals surface area contributed by atoms with Gasteiger partial charge in [-0.1, -0.05) is 48.0 Å². The minimum atomic E-state index is -0.450. The number of ketones is 2. The first-order valence-corrected chi connectivity index (χ1v) is 6.06. The number of phenolic OH excluding ortho intramolecular Hbond substituents is 1. The number of aromatic hydroxyl groups is 1. The van der Waals surface area contributed by atoms with E-state index >= 15 is 0 Å². The van der Waals surface area contributed by atoms with E-state index in [2.05, 4.69) is 0 Å². The summed E-state index contributed by atoms with van der Waals surface area (Å²) >= 11 is 5.72. The number of hydrogen-bond acceptors (Lipinski definition) is 3. The first kappa shape index (κ1) is 13.3. The molecule has 1 N–H and O–H groups in total. The van der Waals surface area contributed by atoms with E-state index in [-0.39, 0.29) is 28.5 Å². The van der Waals surface area contributed by atoms with Crippen LogP contribution in [0.3, 0.4) is 0 Å². The third-order valence-electron chi connectivity index (χ3n) is 2.70. The quantitative estimate of drug-likeness (QED) is 0.686. The predicted molar refractivity (Wildman–Crippen MR) is 72.8 cm³/mol. The highest BCUT2D eigenvalue weighted by atomic mass is 35.5. The van der Waals surface area contributed by atoms with Crippen LogP contribution in [0.4, 0.5) is 0 Å². The van der Waals surface area contributed by atoms with Crippen LogP contribution in [0.1, 0.15) is 27.1 Å². The van der Waals surface area contributed by atoms with Crippen LogP contribution in [-0.4, -0.2) is 16.7 Å². The topological polar surface area (TPSA) is 54.4 Å². The zero-order valence-corrected chi connectivity index (χ0v) is 10.7. The second-order valence-electron chi connectivity index (χ2n) is 4.03. The van der Waals surface area contributed by atoms with E-state index in [1.807, 2.05) is 0 Å². The van der Waals surface area contributed by atoms with E-state index < -0.39 is 5.78 Å². The second-order valence-corrected chi connectivity index (χ2v) is 4.43. The lowest BCUT2D eigenvalue weighted by molar-refractivity contribution is 0.0893. The predicted octanol–water partition coefficient (Wildman–Crippen LogP) is 3.50. The highest BCUT2D eigenvalue weighted by molar-refractivity contribution is 6.32. The van der Waals surface area contributed by atoms with Crippen LogP contribution in [0.2, 0.25) is 5.02 Å². The highest BCUT2D eigenvalue weighted by Crippen LogP contribution is 2.28. The fourth-order valence-corrected chi connectivity index (χ4v) is 1.88. The van der Waals surface area contributed by atoms with Crippen LogP contribution in [0.5, 0.6) is 5.75 Å². The number of para-hydroxylation sites is 1. The lowest BCUT2D eigenvalue weighted by Gasteiger charge is -2.05. The summed E-state index contributed by atoms with van der Waals surface area (Å²) in [6.07, 6.45) is -0.294. The van der Waals surface area contributed by atoms with Crippen LogP contribution in [0.25, 0.3) is 0 Å². The molecule has 0 radical (unpaired) electrons. The number of halogens is 1. The first-order valence-electron chi connectivity index (χ1n) is 5.68. The monoisotopic (exact) mass is 274 g/mol. The Balaban J connectivity index is 2.18. The Hall–Kier alpha value is -2.13. The maximum absolute atomic E-state index is 12.0. The Bertz CT molecular complexity index is 621. The maximum atomic E-state index is 12.0. The van der Waals surface area contributed by atoms with Gasteiger partial charge in [0.1, 0.15) is 5.75 Å². The molecule has 0 aliphatic rings. The summed E-state index contributed by atoms with van der Waals surface area (Å²) in [5.74, 6) is -1.02. The lowest BCUT2D eigenvalue weighted by atomic mass is 10.0. The zero-order valence-electron chi connectivity index (χ0n) is 9.97. The summed E-state index contributed by atoms with van der Waals surface area (Å²) < 4.78 is 0. The second kappa shape index (κ2) is 5.67. The zero-order chi connectivity index (χ0) is 13.8. The Morgan fingerprint density at radius 2 is 1.63 bits per heavy atom. The molecule has 0 amide bonds. The third kappa shape index (κ3) is 3.01. The van der Waals surface area contributed by atoms with Crippen LogP contribution < -0.4 is 0 Å². The molecular weight excluding hydrogens is 264 g/mol. The maximum Gasteiger partial charge on any atom is 0.174 e. The molecule has 0 saturated carbocycles. The summed E-state index contributed by atoms with van der Waals surface area (Å²) in [6.45, 7) is 0. The van der Waals surface area contributed by atoms with Crippen molar-refractivity contribution in [3.63, 3.8) is 0 Å². The van der Waals surface area contributed by atoms with Crippen molar-refractivity contribution in [1.82, 2.24) is 0 Å². The van der Waals surface area contributed by atoms with Crippen molar-refractivity contribution in [1.29, 1.82) is 0 Å². The molecule has 2 aromatic rings. The molecule has 3 nitrogen and oxygen atoms in total. The Kier molecular flexibility index (Phi) is 3.97. The van der Waals surface area contributed by atoms with Crippen LogP contribution in [0, 0.1) is 0 Å². The smallest absolute Gasteiger partial charge is 0.174 e. The number of carbonyl (C=O) groups is 2. The number of Topliss-reactive ketones (excluding diaryl/α,β-unsaturated/α-hetero) is 2. The van der Waals surface area contributed by atoms with Crippen molar-refractivity contribution in [2.45, 2.75) is 6.42 Å². The van der Waals surface area contributed by atoms with E-state index in [9.17, 15) is 14.7 Å². The van der Waals surface area contributed by atoms with E-state index in [1.54, 1.807) is 36.4 Å². The minimum absolute atomic E-state index is 0.0665. The van der Waals surface area contributed by atoms with Gasteiger partial charge in [0.2, 0.25) is 0 Å². The van der Waals surface area contributed by atoms with Gasteiger partial charge in [-0.05, 0) is 12.1 Å². The number of carbonyl (C=O) groups excluding carboxylic acids is 2. The molecule has 0 spiro atoms. The van der Waals surface area contributed by atoms with Crippen molar-refractivity contribution >= 4 is 23.2 Å². The highest BCUT2D eigenvalue weighted by Gasteiger charge is 2.17. The molecule has 0 aliphatic carbocycles. The lowest BCUT2D eigenvalue weighted by Crippen LogP contribution is -2.08. The molecule has 4 heteroatoms. The molecule has 0 aromatic heterocycles. The molecule has 2 aromatic carbocycles. The van der Waals surface area contributed by atoms with Gasteiger partial charge in [-0.25, -0.2) is 0 Å². The Labute approximate surface area is 115 Å². The molecular formula is C15H11ClO3. The molecule has 2 rings (SSSR count). The van der Waals surface area contributed by atoms with E-state index in [0.29, 0.717) is 5.56 Å². The SMILES string of the molecule is O=C(CC(=O)c1cccc(Cl)c1O)c1ccccc1. The summed E-state index contributed by atoms with van der Waals surface area (Å²) in [5.41, 5.74) is 0.536. The number of hydrogen-bond donors (Lipinski definition) is 1. The fraction of sp³-hybridized carbons (Fsp3) is 0.0667. The van der Waals surface area contributed by atoms with Crippen LogP contribution in [0.15, 0.2) is 48.5 Å². The molecule has 0 aliphatic heterocycles. The van der Waals surface area contributed by atoms with Gasteiger partial charge in [-0.2, -0.15) is 0 Å². The fourth-order valence-electron chi connectivity index (χ4n) is 1.71. The van der Waals surface area contributed by atoms with Crippen molar-refractivity contribution in [2.24, 2.45) is 0 Å². The number of phenols is 1.